The molecule has 0 saturated heterocycles. The fourth-order valence-electron chi connectivity index (χ4n) is 3.27. The van der Waals surface area contributed by atoms with Crippen molar-refractivity contribution >= 4 is 23.2 Å². The van der Waals surface area contributed by atoms with Gasteiger partial charge in [0.15, 0.2) is 0 Å². The Morgan fingerprint density at radius 2 is 1.66 bits per heavy atom. The topological polar surface area (TPSA) is 49.4 Å². The van der Waals surface area contributed by atoms with Crippen LogP contribution in [-0.2, 0) is 19.5 Å². The van der Waals surface area contributed by atoms with E-state index in [0.717, 1.165) is 16.0 Å². The molecule has 0 spiro atoms. The molecule has 2 heterocycles. The van der Waals surface area contributed by atoms with Crippen molar-refractivity contribution < 1.29 is 18.4 Å². The van der Waals surface area contributed by atoms with Gasteiger partial charge in [0.1, 0.15) is 11.6 Å². The molecule has 1 N–H and O–H groups in total. The number of benzene rings is 2. The molecule has 29 heavy (non-hydrogen) atoms. The zero-order valence-electron chi connectivity index (χ0n) is 15.5. The van der Waals surface area contributed by atoms with Gasteiger partial charge in [0, 0.05) is 30.1 Å². The van der Waals surface area contributed by atoms with E-state index in [9.17, 15) is 18.4 Å². The lowest BCUT2D eigenvalue weighted by molar-refractivity contribution is 0.0735. The SMILES string of the molecule is O=C(NCc1ccc(F)cc1)c1cc2c(s1)CCN(C(=O)c1ccc(F)cc1)C2. The van der Waals surface area contributed by atoms with Gasteiger partial charge in [-0.1, -0.05) is 12.1 Å². The van der Waals surface area contributed by atoms with Gasteiger partial charge in [-0.05, 0) is 60.0 Å². The first-order valence-corrected chi connectivity index (χ1v) is 10.0. The van der Waals surface area contributed by atoms with Crippen LogP contribution in [-0.4, -0.2) is 23.3 Å². The molecule has 1 aliphatic rings. The average molecular weight is 412 g/mol. The third-order valence-electron chi connectivity index (χ3n) is 4.84. The quantitative estimate of drug-likeness (QED) is 0.700. The van der Waals surface area contributed by atoms with Crippen LogP contribution in [0.5, 0.6) is 0 Å². The van der Waals surface area contributed by atoms with Crippen molar-refractivity contribution in [3.8, 4) is 0 Å². The molecule has 3 aromatic rings. The Bertz CT molecular complexity index is 1050. The second-order valence-electron chi connectivity index (χ2n) is 6.85. The summed E-state index contributed by atoms with van der Waals surface area (Å²) in [5.41, 5.74) is 2.23. The molecule has 2 aromatic carbocycles. The minimum absolute atomic E-state index is 0.149. The lowest BCUT2D eigenvalue weighted by Crippen LogP contribution is -2.35. The zero-order valence-corrected chi connectivity index (χ0v) is 16.3. The minimum Gasteiger partial charge on any atom is -0.347 e. The number of nitrogens with zero attached hydrogens (tertiary/aromatic N) is 1. The highest BCUT2D eigenvalue weighted by atomic mass is 32.1. The van der Waals surface area contributed by atoms with Gasteiger partial charge in [0.2, 0.25) is 0 Å². The molecule has 0 radical (unpaired) electrons. The van der Waals surface area contributed by atoms with E-state index < -0.39 is 0 Å². The molecule has 1 aliphatic heterocycles. The second kappa shape index (κ2) is 8.13. The maximum Gasteiger partial charge on any atom is 0.261 e. The van der Waals surface area contributed by atoms with Gasteiger partial charge in [-0.15, -0.1) is 11.3 Å². The molecule has 148 valence electrons. The molecule has 0 fully saturated rings. The summed E-state index contributed by atoms with van der Waals surface area (Å²) in [6.45, 7) is 1.30. The van der Waals surface area contributed by atoms with Crippen molar-refractivity contribution in [2.75, 3.05) is 6.54 Å². The summed E-state index contributed by atoms with van der Waals surface area (Å²) in [4.78, 5) is 28.5. The summed E-state index contributed by atoms with van der Waals surface area (Å²) >= 11 is 1.43. The molecular formula is C22H18F2N2O2S. The largest absolute Gasteiger partial charge is 0.347 e. The summed E-state index contributed by atoms with van der Waals surface area (Å²) < 4.78 is 26.0. The number of amides is 2. The van der Waals surface area contributed by atoms with E-state index in [-0.39, 0.29) is 23.4 Å². The molecule has 0 atom stereocenters. The molecular weight excluding hydrogens is 394 g/mol. The Kier molecular flexibility index (Phi) is 5.40. The van der Waals surface area contributed by atoms with Crippen molar-refractivity contribution in [3.05, 3.63) is 92.7 Å². The summed E-state index contributed by atoms with van der Waals surface area (Å²) in [6, 6.07) is 13.3. The maximum absolute atomic E-state index is 13.1. The lowest BCUT2D eigenvalue weighted by Gasteiger charge is -2.27. The molecule has 4 rings (SSSR count). The van der Waals surface area contributed by atoms with Gasteiger partial charge in [-0.3, -0.25) is 9.59 Å². The van der Waals surface area contributed by atoms with Gasteiger partial charge >= 0.3 is 0 Å². The van der Waals surface area contributed by atoms with E-state index in [2.05, 4.69) is 5.32 Å². The highest BCUT2D eigenvalue weighted by Gasteiger charge is 2.25. The van der Waals surface area contributed by atoms with E-state index in [0.29, 0.717) is 36.5 Å². The van der Waals surface area contributed by atoms with Gasteiger partial charge in [-0.2, -0.15) is 0 Å². The van der Waals surface area contributed by atoms with Crippen molar-refractivity contribution in [1.82, 2.24) is 10.2 Å². The first-order chi connectivity index (χ1) is 14.0. The Morgan fingerprint density at radius 1 is 1.00 bits per heavy atom. The van der Waals surface area contributed by atoms with Gasteiger partial charge < -0.3 is 10.2 Å². The monoisotopic (exact) mass is 412 g/mol. The zero-order chi connectivity index (χ0) is 20.4. The van der Waals surface area contributed by atoms with Crippen LogP contribution >= 0.6 is 11.3 Å². The van der Waals surface area contributed by atoms with Gasteiger partial charge in [-0.25, -0.2) is 8.78 Å². The molecule has 4 nitrogen and oxygen atoms in total. The van der Waals surface area contributed by atoms with E-state index in [1.165, 1.54) is 47.7 Å². The predicted molar refractivity (Wildman–Crippen MR) is 107 cm³/mol. The van der Waals surface area contributed by atoms with Crippen LogP contribution < -0.4 is 5.32 Å². The summed E-state index contributed by atoms with van der Waals surface area (Å²) in [7, 11) is 0. The number of carbonyl (C=O) groups excluding carboxylic acids is 2. The predicted octanol–water partition coefficient (Wildman–Crippen LogP) is 4.15. The number of hydrogen-bond acceptors (Lipinski definition) is 3. The minimum atomic E-state index is -0.378. The van der Waals surface area contributed by atoms with Crippen molar-refractivity contribution in [1.29, 1.82) is 0 Å². The number of rotatable bonds is 4. The molecule has 1 aromatic heterocycles. The number of halogens is 2. The Hall–Kier alpha value is -3.06. The van der Waals surface area contributed by atoms with E-state index in [4.69, 9.17) is 0 Å². The molecule has 0 bridgehead atoms. The lowest BCUT2D eigenvalue weighted by atomic mass is 10.1. The van der Waals surface area contributed by atoms with Crippen LogP contribution in [0, 0.1) is 11.6 Å². The van der Waals surface area contributed by atoms with Crippen LogP contribution in [0.15, 0.2) is 54.6 Å². The van der Waals surface area contributed by atoms with Gasteiger partial charge in [0.05, 0.1) is 4.88 Å². The smallest absolute Gasteiger partial charge is 0.261 e. The molecule has 2 amide bonds. The Morgan fingerprint density at radius 3 is 2.34 bits per heavy atom. The number of hydrogen-bond donors (Lipinski definition) is 1. The summed E-state index contributed by atoms with van der Waals surface area (Å²) in [5, 5.41) is 2.84. The van der Waals surface area contributed by atoms with E-state index >= 15 is 0 Å². The van der Waals surface area contributed by atoms with E-state index in [1.54, 1.807) is 17.0 Å². The average Bonchev–Trinajstić information content (AvgIpc) is 3.16. The fraction of sp³-hybridized carbons (Fsp3) is 0.182. The third kappa shape index (κ3) is 4.35. The highest BCUT2D eigenvalue weighted by molar-refractivity contribution is 7.14. The molecule has 0 saturated carbocycles. The summed E-state index contributed by atoms with van der Waals surface area (Å²) in [5.74, 6) is -1.03. The molecule has 0 aliphatic carbocycles. The third-order valence-corrected chi connectivity index (χ3v) is 6.07. The highest BCUT2D eigenvalue weighted by Crippen LogP contribution is 2.29. The van der Waals surface area contributed by atoms with Crippen molar-refractivity contribution in [2.45, 2.75) is 19.5 Å². The Labute approximate surface area is 170 Å². The van der Waals surface area contributed by atoms with Crippen LogP contribution in [0.1, 0.15) is 36.0 Å². The van der Waals surface area contributed by atoms with Crippen molar-refractivity contribution in [3.63, 3.8) is 0 Å². The number of fused-ring (bicyclic) bond motifs is 1. The van der Waals surface area contributed by atoms with Crippen LogP contribution in [0.25, 0.3) is 0 Å². The number of nitrogens with one attached hydrogen (secondary N) is 1. The standard InChI is InChI=1S/C22H18F2N2O2S/c23-17-5-1-14(2-6-17)12-25-21(27)20-11-16-13-26(10-9-19(16)29-20)22(28)15-3-7-18(24)8-4-15/h1-8,11H,9-10,12-13H2,(H,25,27). The molecule has 0 unspecified atom stereocenters. The fourth-order valence-corrected chi connectivity index (χ4v) is 4.34. The summed E-state index contributed by atoms with van der Waals surface area (Å²) in [6.07, 6.45) is 0.679. The second-order valence-corrected chi connectivity index (χ2v) is 7.99. The van der Waals surface area contributed by atoms with Crippen molar-refractivity contribution in [2.24, 2.45) is 0 Å². The first-order valence-electron chi connectivity index (χ1n) is 9.18. The van der Waals surface area contributed by atoms with Gasteiger partial charge in [0.25, 0.3) is 11.8 Å². The van der Waals surface area contributed by atoms with Crippen LogP contribution in [0.4, 0.5) is 8.78 Å². The van der Waals surface area contributed by atoms with Crippen LogP contribution in [0.2, 0.25) is 0 Å². The number of thiophene rings is 1. The number of carbonyl (C=O) groups is 2. The normalized spacial score (nSPS) is 13.1. The van der Waals surface area contributed by atoms with E-state index in [1.807, 2.05) is 6.07 Å². The van der Waals surface area contributed by atoms with Crippen LogP contribution in [0.3, 0.4) is 0 Å². The first kappa shape index (κ1) is 19.3. The Balaban J connectivity index is 1.41. The maximum atomic E-state index is 13.1. The molecule has 7 heteroatoms.